The van der Waals surface area contributed by atoms with Gasteiger partial charge < -0.3 is 40.0 Å². The number of hydrogen-bond donors (Lipinski definition) is 3. The molecule has 2 aromatic heterocycles. The Hall–Kier alpha value is -6.90. The number of aliphatic imine (C=N–C) groups is 1. The third kappa shape index (κ3) is 11.1. The second-order valence-corrected chi connectivity index (χ2v) is 12.2. The Morgan fingerprint density at radius 3 is 2.54 bits per heavy atom. The zero-order valence-corrected chi connectivity index (χ0v) is 32.2. The number of hydrogen-bond acceptors (Lipinski definition) is 12. The van der Waals surface area contributed by atoms with Crippen LogP contribution >= 0.6 is 0 Å². The lowest BCUT2D eigenvalue weighted by molar-refractivity contribution is -0.104. The van der Waals surface area contributed by atoms with Gasteiger partial charge in [-0.2, -0.15) is 5.10 Å². The van der Waals surface area contributed by atoms with E-state index >= 15 is 0 Å². The van der Waals surface area contributed by atoms with Crippen LogP contribution in [0.4, 0.5) is 11.6 Å². The first kappa shape index (κ1) is 41.9. The number of rotatable bonds is 23. The lowest BCUT2D eigenvalue weighted by Gasteiger charge is -2.27. The molecule has 0 aliphatic heterocycles. The van der Waals surface area contributed by atoms with Crippen molar-refractivity contribution in [3.05, 3.63) is 119 Å². The summed E-state index contributed by atoms with van der Waals surface area (Å²) in [6.45, 7) is 13.0. The van der Waals surface area contributed by atoms with E-state index < -0.39 is 0 Å². The van der Waals surface area contributed by atoms with Crippen molar-refractivity contribution in [3.63, 3.8) is 0 Å². The maximum absolute atomic E-state index is 13.4. The summed E-state index contributed by atoms with van der Waals surface area (Å²) in [4.78, 5) is 47.5. The Kier molecular flexibility index (Phi) is 15.8. The third-order valence-electron chi connectivity index (χ3n) is 8.36. The molecule has 15 nitrogen and oxygen atoms in total. The topological polar surface area (TPSA) is 180 Å². The monoisotopic (exact) mass is 763 g/mol. The molecule has 4 aromatic rings. The van der Waals surface area contributed by atoms with Crippen LogP contribution in [0.25, 0.3) is 11.0 Å². The van der Waals surface area contributed by atoms with Crippen LogP contribution in [0.15, 0.2) is 108 Å². The number of carbonyl (C=O) groups excluding carboxylic acids is 3. The molecule has 4 rings (SSSR count). The van der Waals surface area contributed by atoms with Gasteiger partial charge in [0, 0.05) is 49.6 Å². The fourth-order valence-corrected chi connectivity index (χ4v) is 5.69. The molecule has 0 unspecified atom stereocenters. The van der Waals surface area contributed by atoms with Gasteiger partial charge in [0.25, 0.3) is 5.91 Å². The van der Waals surface area contributed by atoms with E-state index in [2.05, 4.69) is 34.0 Å². The zero-order valence-electron chi connectivity index (χ0n) is 32.2. The molecule has 0 aliphatic rings. The number of carbonyl (C=O) groups is 3. The number of ether oxygens (including phenoxy) is 3. The molecule has 2 heterocycles. The first-order chi connectivity index (χ1) is 27.2. The Labute approximate surface area is 326 Å². The van der Waals surface area contributed by atoms with Crippen molar-refractivity contribution in [2.75, 3.05) is 58.2 Å². The van der Waals surface area contributed by atoms with Crippen LogP contribution < -0.4 is 25.8 Å². The molecule has 0 radical (unpaired) electrons. The number of fused-ring (bicyclic) bond motifs is 1. The number of nitrogens with one attached hydrogen (secondary N) is 2. The number of methoxy groups -OCH3 is 1. The highest BCUT2D eigenvalue weighted by Gasteiger charge is 2.19. The molecule has 0 bridgehead atoms. The summed E-state index contributed by atoms with van der Waals surface area (Å²) in [6, 6.07) is 12.3. The van der Waals surface area contributed by atoms with Gasteiger partial charge in [-0.15, -0.1) is 0 Å². The molecule has 0 saturated carbocycles. The number of nitrogen functional groups attached to an aromatic ring is 1. The number of allylic oxidation sites excluding steroid dienone is 4. The normalized spacial score (nSPS) is 12.0. The maximum atomic E-state index is 13.4. The van der Waals surface area contributed by atoms with E-state index in [1.165, 1.54) is 13.2 Å². The van der Waals surface area contributed by atoms with E-state index in [0.717, 1.165) is 12.0 Å². The lowest BCUT2D eigenvalue weighted by atomic mass is 10.2. The first-order valence-corrected chi connectivity index (χ1v) is 17.8. The first-order valence-electron chi connectivity index (χ1n) is 17.8. The number of amides is 1. The number of aldehydes is 2. The fraction of sp³-hybridized carbons (Fsp3) is 0.268. The van der Waals surface area contributed by atoms with E-state index in [0.29, 0.717) is 95.0 Å². The quantitative estimate of drug-likeness (QED) is 0.0133. The molecule has 2 aromatic carbocycles. The molecule has 0 aliphatic carbocycles. The van der Waals surface area contributed by atoms with E-state index in [-0.39, 0.29) is 25.7 Å². The highest BCUT2D eigenvalue weighted by Crippen LogP contribution is 2.30. The molecule has 0 saturated heterocycles. The van der Waals surface area contributed by atoms with Crippen molar-refractivity contribution in [3.8, 4) is 11.5 Å². The smallest absolute Gasteiger partial charge is 0.270 e. The number of aromatic nitrogens is 4. The van der Waals surface area contributed by atoms with Crippen LogP contribution in [0.1, 0.15) is 33.5 Å². The highest BCUT2D eigenvalue weighted by molar-refractivity contribution is 5.93. The van der Waals surface area contributed by atoms with Gasteiger partial charge in [0.05, 0.1) is 37.2 Å². The standard InChI is InChI=1S/C41H49N9O6/c1-7-30(26-51)22-37(54-6)36(25-43-4)48(28-45-40(53)35-20-29(3)47-50(35)8-2)16-9-10-17-49-39-34(46-41(49)44-5)21-31(27-52)23-38(39)56-19-12-11-18-55-33-15-13-14-32(42)24-33/h7,9-15,20-24,26-27H,1,4,8,16-19,25,28,42H2,2-3,5-6H3,(H,44,46)(H,45,53)/b10-9+,12-11+,30-22+,37-36-. The number of benzene rings is 2. The van der Waals surface area contributed by atoms with Gasteiger partial charge in [0.15, 0.2) is 0 Å². The summed E-state index contributed by atoms with van der Waals surface area (Å²) < 4.78 is 21.2. The van der Waals surface area contributed by atoms with Crippen LogP contribution in [0.3, 0.4) is 0 Å². The van der Waals surface area contributed by atoms with Gasteiger partial charge in [-0.25, -0.2) is 4.98 Å². The molecular weight excluding hydrogens is 715 g/mol. The third-order valence-corrected chi connectivity index (χ3v) is 8.36. The van der Waals surface area contributed by atoms with Crippen molar-refractivity contribution < 1.29 is 28.6 Å². The Morgan fingerprint density at radius 2 is 1.88 bits per heavy atom. The Bertz CT molecular complexity index is 2130. The molecule has 294 valence electrons. The molecule has 4 N–H and O–H groups in total. The number of aryl methyl sites for hydroxylation is 2. The Balaban J connectivity index is 1.60. The number of imidazole rings is 1. The van der Waals surface area contributed by atoms with Crippen molar-refractivity contribution in [1.82, 2.24) is 29.5 Å². The molecule has 0 spiro atoms. The average molecular weight is 764 g/mol. The van der Waals surface area contributed by atoms with Crippen molar-refractivity contribution >= 4 is 47.9 Å². The molecule has 0 atom stereocenters. The minimum absolute atomic E-state index is 0.0629. The van der Waals surface area contributed by atoms with Crippen molar-refractivity contribution in [1.29, 1.82) is 0 Å². The maximum Gasteiger partial charge on any atom is 0.270 e. The van der Waals surface area contributed by atoms with Gasteiger partial charge in [-0.1, -0.05) is 30.9 Å². The second-order valence-electron chi connectivity index (χ2n) is 12.2. The molecule has 0 fully saturated rings. The zero-order chi connectivity index (χ0) is 40.5. The predicted octanol–water partition coefficient (Wildman–Crippen LogP) is 5.13. The van der Waals surface area contributed by atoms with Gasteiger partial charge in [0.1, 0.15) is 54.3 Å². The van der Waals surface area contributed by atoms with E-state index in [1.807, 2.05) is 59.8 Å². The van der Waals surface area contributed by atoms with Crippen LogP contribution in [0, 0.1) is 6.92 Å². The van der Waals surface area contributed by atoms with Crippen molar-refractivity contribution in [2.24, 2.45) is 4.99 Å². The molecule has 15 heteroatoms. The molecule has 56 heavy (non-hydrogen) atoms. The minimum atomic E-state index is -0.309. The van der Waals surface area contributed by atoms with Crippen molar-refractivity contribution in [2.45, 2.75) is 26.9 Å². The van der Waals surface area contributed by atoms with Crippen LogP contribution in [-0.4, -0.2) is 96.6 Å². The summed E-state index contributed by atoms with van der Waals surface area (Å²) in [6.07, 6.45) is 11.9. The molecule has 1 amide bonds. The van der Waals surface area contributed by atoms with Gasteiger partial charge in [-0.05, 0) is 69.1 Å². The summed E-state index contributed by atoms with van der Waals surface area (Å²) in [5.41, 5.74) is 10.2. The summed E-state index contributed by atoms with van der Waals surface area (Å²) in [5, 5.41) is 10.5. The second kappa shape index (κ2) is 21.1. The van der Waals surface area contributed by atoms with Crippen LogP contribution in [-0.2, 0) is 22.6 Å². The van der Waals surface area contributed by atoms with E-state index in [9.17, 15) is 14.4 Å². The largest absolute Gasteiger partial charge is 0.495 e. The fourth-order valence-electron chi connectivity index (χ4n) is 5.69. The van der Waals surface area contributed by atoms with Gasteiger partial charge >= 0.3 is 0 Å². The number of nitrogens with two attached hydrogens (primary N) is 1. The Morgan fingerprint density at radius 1 is 1.09 bits per heavy atom. The highest BCUT2D eigenvalue weighted by atomic mass is 16.5. The number of nitrogens with zero attached hydrogens (tertiary/aromatic N) is 6. The average Bonchev–Trinajstić information content (AvgIpc) is 3.78. The SMILES string of the molecule is C=C/C(C=O)=C\C(OC)=C(/CN=C)N(C/C=C/Cn1c(NC)nc2cc(C=O)cc(OC/C=C/COc3cccc(N)c3)c21)CNC(=O)c1cc(C)nn1CC. The lowest BCUT2D eigenvalue weighted by Crippen LogP contribution is -2.39. The van der Waals surface area contributed by atoms with Gasteiger partial charge in [-0.3, -0.25) is 24.1 Å². The molecular formula is C41H49N9O6. The minimum Gasteiger partial charge on any atom is -0.495 e. The predicted molar refractivity (Wildman–Crippen MR) is 219 cm³/mol. The summed E-state index contributed by atoms with van der Waals surface area (Å²) in [5.74, 6) is 1.75. The van der Waals surface area contributed by atoms with Gasteiger partial charge in [0.2, 0.25) is 5.95 Å². The van der Waals surface area contributed by atoms with E-state index in [4.69, 9.17) is 24.9 Å². The summed E-state index contributed by atoms with van der Waals surface area (Å²) >= 11 is 0. The van der Waals surface area contributed by atoms with Crippen LogP contribution in [0.5, 0.6) is 11.5 Å². The van der Waals surface area contributed by atoms with Crippen LogP contribution in [0.2, 0.25) is 0 Å². The summed E-state index contributed by atoms with van der Waals surface area (Å²) in [7, 11) is 3.25. The van der Waals surface area contributed by atoms with E-state index in [1.54, 1.807) is 48.1 Å². The number of anilines is 2.